The van der Waals surface area contributed by atoms with Crippen LogP contribution in [0, 0.1) is 13.8 Å². The lowest BCUT2D eigenvalue weighted by molar-refractivity contribution is -0.121. The van der Waals surface area contributed by atoms with Gasteiger partial charge in [0.2, 0.25) is 15.9 Å². The smallest absolute Gasteiger partial charge is 0.240 e. The van der Waals surface area contributed by atoms with E-state index < -0.39 is 10.0 Å². The second-order valence-electron chi connectivity index (χ2n) is 7.11. The van der Waals surface area contributed by atoms with Crippen LogP contribution in [-0.4, -0.2) is 34.1 Å². The molecule has 0 aromatic heterocycles. The van der Waals surface area contributed by atoms with Gasteiger partial charge in [0.25, 0.3) is 0 Å². The summed E-state index contributed by atoms with van der Waals surface area (Å²) in [5.74, 6) is 1.12. The predicted molar refractivity (Wildman–Crippen MR) is 110 cm³/mol. The molecule has 1 unspecified atom stereocenters. The molecule has 1 atom stereocenters. The molecule has 0 radical (unpaired) electrons. The summed E-state index contributed by atoms with van der Waals surface area (Å²) in [5, 5.41) is 2.88. The SMILES string of the molecule is Cc1ccc(C)c(S(=O)(=O)NCCC(=O)NC(C)c2ccc3c(c2)OCCO3)c1. The highest BCUT2D eigenvalue weighted by Gasteiger charge is 2.18. The second-order valence-corrected chi connectivity index (χ2v) is 8.84. The van der Waals surface area contributed by atoms with Gasteiger partial charge in [0.15, 0.2) is 11.5 Å². The van der Waals surface area contributed by atoms with Crippen molar-refractivity contribution in [1.82, 2.24) is 10.0 Å². The van der Waals surface area contributed by atoms with Crippen molar-refractivity contribution in [3.8, 4) is 11.5 Å². The van der Waals surface area contributed by atoms with Crippen LogP contribution in [0.5, 0.6) is 11.5 Å². The van der Waals surface area contributed by atoms with E-state index in [9.17, 15) is 13.2 Å². The topological polar surface area (TPSA) is 93.7 Å². The highest BCUT2D eigenvalue weighted by atomic mass is 32.2. The number of ether oxygens (including phenoxy) is 2. The highest BCUT2D eigenvalue weighted by Crippen LogP contribution is 2.32. The monoisotopic (exact) mass is 418 g/mol. The largest absolute Gasteiger partial charge is 0.486 e. The summed E-state index contributed by atoms with van der Waals surface area (Å²) in [6.45, 7) is 6.49. The fraction of sp³-hybridized carbons (Fsp3) is 0.381. The molecule has 0 fully saturated rings. The van der Waals surface area contributed by atoms with Gasteiger partial charge in [0, 0.05) is 13.0 Å². The van der Waals surface area contributed by atoms with Crippen LogP contribution in [0.25, 0.3) is 0 Å². The maximum absolute atomic E-state index is 12.5. The number of amides is 1. The van der Waals surface area contributed by atoms with Crippen LogP contribution in [0.3, 0.4) is 0 Å². The minimum atomic E-state index is -3.66. The molecule has 8 heteroatoms. The maximum atomic E-state index is 12.5. The van der Waals surface area contributed by atoms with Gasteiger partial charge in [0.1, 0.15) is 13.2 Å². The molecule has 0 bridgehead atoms. The molecule has 0 saturated carbocycles. The molecule has 2 aromatic carbocycles. The van der Waals surface area contributed by atoms with E-state index in [1.54, 1.807) is 19.1 Å². The van der Waals surface area contributed by atoms with Crippen LogP contribution >= 0.6 is 0 Å². The van der Waals surface area contributed by atoms with E-state index in [1.165, 1.54) is 0 Å². The molecular formula is C21H26N2O5S. The Morgan fingerprint density at radius 2 is 1.79 bits per heavy atom. The lowest BCUT2D eigenvalue weighted by Crippen LogP contribution is -2.32. The number of aryl methyl sites for hydroxylation is 2. The number of hydrogen-bond donors (Lipinski definition) is 2. The maximum Gasteiger partial charge on any atom is 0.240 e. The average Bonchev–Trinajstić information content (AvgIpc) is 2.69. The van der Waals surface area contributed by atoms with Gasteiger partial charge in [-0.25, -0.2) is 13.1 Å². The van der Waals surface area contributed by atoms with Crippen molar-refractivity contribution in [1.29, 1.82) is 0 Å². The van der Waals surface area contributed by atoms with Crippen LogP contribution in [0.15, 0.2) is 41.3 Å². The number of fused-ring (bicyclic) bond motifs is 1. The first-order chi connectivity index (χ1) is 13.8. The van der Waals surface area contributed by atoms with Crippen molar-refractivity contribution in [2.75, 3.05) is 19.8 Å². The molecule has 1 aliphatic heterocycles. The van der Waals surface area contributed by atoms with Crippen molar-refractivity contribution in [3.63, 3.8) is 0 Å². The number of nitrogens with one attached hydrogen (secondary N) is 2. The molecule has 1 aliphatic rings. The third kappa shape index (κ3) is 5.27. The third-order valence-electron chi connectivity index (χ3n) is 4.72. The minimum absolute atomic E-state index is 0.0232. The van der Waals surface area contributed by atoms with Gasteiger partial charge in [-0.3, -0.25) is 4.79 Å². The lowest BCUT2D eigenvalue weighted by Gasteiger charge is -2.21. The van der Waals surface area contributed by atoms with Crippen LogP contribution in [0.1, 0.15) is 36.1 Å². The van der Waals surface area contributed by atoms with Crippen molar-refractivity contribution in [2.45, 2.75) is 38.1 Å². The Kier molecular flexibility index (Phi) is 6.44. The molecule has 0 aliphatic carbocycles. The average molecular weight is 419 g/mol. The Labute approximate surface area is 171 Å². The van der Waals surface area contributed by atoms with E-state index in [4.69, 9.17) is 9.47 Å². The van der Waals surface area contributed by atoms with Gasteiger partial charge in [-0.05, 0) is 55.7 Å². The number of sulfonamides is 1. The predicted octanol–water partition coefficient (Wildman–Crippen LogP) is 2.62. The molecule has 2 N–H and O–H groups in total. The summed E-state index contributed by atoms with van der Waals surface area (Å²) < 4.78 is 38.6. The zero-order valence-corrected chi connectivity index (χ0v) is 17.6. The number of hydrogen-bond acceptors (Lipinski definition) is 5. The van der Waals surface area contributed by atoms with Crippen LogP contribution in [0.4, 0.5) is 0 Å². The summed E-state index contributed by atoms with van der Waals surface area (Å²) in [5.41, 5.74) is 2.42. The summed E-state index contributed by atoms with van der Waals surface area (Å²) in [6.07, 6.45) is 0.0407. The molecule has 3 rings (SSSR count). The first-order valence-electron chi connectivity index (χ1n) is 9.52. The Bertz CT molecular complexity index is 1000. The van der Waals surface area contributed by atoms with Crippen molar-refractivity contribution >= 4 is 15.9 Å². The van der Waals surface area contributed by atoms with E-state index in [1.807, 2.05) is 38.1 Å². The summed E-state index contributed by atoms with van der Waals surface area (Å²) in [4.78, 5) is 12.5. The van der Waals surface area contributed by atoms with Gasteiger partial charge in [0.05, 0.1) is 10.9 Å². The fourth-order valence-electron chi connectivity index (χ4n) is 3.10. The van der Waals surface area contributed by atoms with E-state index in [0.717, 1.165) is 11.1 Å². The number of carbonyl (C=O) groups is 1. The number of benzene rings is 2. The van der Waals surface area contributed by atoms with Crippen LogP contribution < -0.4 is 19.5 Å². The standard InChI is InChI=1S/C21H26N2O5S/c1-14-4-5-15(2)20(12-14)29(25,26)22-9-8-21(24)23-16(3)17-6-7-18-19(13-17)28-11-10-27-18/h4-7,12-13,16,22H,8-11H2,1-3H3,(H,23,24). The van der Waals surface area contributed by atoms with Crippen molar-refractivity contribution in [2.24, 2.45) is 0 Å². The first kappa shape index (κ1) is 21.1. The van der Waals surface area contributed by atoms with Crippen LogP contribution in [-0.2, 0) is 14.8 Å². The molecule has 1 amide bonds. The van der Waals surface area contributed by atoms with Crippen molar-refractivity contribution < 1.29 is 22.7 Å². The molecule has 156 valence electrons. The van der Waals surface area contributed by atoms with Gasteiger partial charge >= 0.3 is 0 Å². The first-order valence-corrected chi connectivity index (χ1v) is 11.0. The highest BCUT2D eigenvalue weighted by molar-refractivity contribution is 7.89. The summed E-state index contributed by atoms with van der Waals surface area (Å²) in [7, 11) is -3.66. The number of carbonyl (C=O) groups excluding carboxylic acids is 1. The Balaban J connectivity index is 1.54. The minimum Gasteiger partial charge on any atom is -0.486 e. The van der Waals surface area contributed by atoms with Gasteiger partial charge in [-0.1, -0.05) is 18.2 Å². The molecular weight excluding hydrogens is 392 g/mol. The molecule has 29 heavy (non-hydrogen) atoms. The zero-order valence-electron chi connectivity index (χ0n) is 16.8. The summed E-state index contributed by atoms with van der Waals surface area (Å²) in [6, 6.07) is 10.6. The molecule has 0 saturated heterocycles. The van der Waals surface area contributed by atoms with E-state index in [2.05, 4.69) is 10.0 Å². The molecule has 0 spiro atoms. The van der Waals surface area contributed by atoms with E-state index >= 15 is 0 Å². The Hall–Kier alpha value is -2.58. The Morgan fingerprint density at radius 1 is 1.07 bits per heavy atom. The lowest BCUT2D eigenvalue weighted by atomic mass is 10.1. The second kappa shape index (κ2) is 8.84. The fourth-order valence-corrected chi connectivity index (χ4v) is 4.46. The Morgan fingerprint density at radius 3 is 2.55 bits per heavy atom. The van der Waals surface area contributed by atoms with Gasteiger partial charge in [-0.15, -0.1) is 0 Å². The summed E-state index contributed by atoms with van der Waals surface area (Å²) >= 11 is 0. The zero-order chi connectivity index (χ0) is 21.0. The van der Waals surface area contributed by atoms with Gasteiger partial charge < -0.3 is 14.8 Å². The number of rotatable bonds is 7. The molecule has 2 aromatic rings. The van der Waals surface area contributed by atoms with Gasteiger partial charge in [-0.2, -0.15) is 0 Å². The van der Waals surface area contributed by atoms with Crippen molar-refractivity contribution in [3.05, 3.63) is 53.1 Å². The van der Waals surface area contributed by atoms with E-state index in [-0.39, 0.29) is 29.8 Å². The van der Waals surface area contributed by atoms with E-state index in [0.29, 0.717) is 30.3 Å². The quantitative estimate of drug-likeness (QED) is 0.721. The normalized spacial score (nSPS) is 14.3. The molecule has 7 nitrogen and oxygen atoms in total. The van der Waals surface area contributed by atoms with Crippen LogP contribution in [0.2, 0.25) is 0 Å². The molecule has 1 heterocycles. The third-order valence-corrected chi connectivity index (χ3v) is 6.32.